The molecule has 1 aliphatic rings. The number of carboxylic acid groups (broad SMARTS) is 1. The zero-order valence-electron chi connectivity index (χ0n) is 19.9. The number of alkyl carbamates (subject to hydrolysis) is 1. The third kappa shape index (κ3) is 6.35. The summed E-state index contributed by atoms with van der Waals surface area (Å²) in [7, 11) is 3.47. The maximum atomic E-state index is 12.6. The Morgan fingerprint density at radius 3 is 2.12 bits per heavy atom. The number of fused-ring (bicyclic) bond motifs is 3. The number of benzene rings is 2. The van der Waals surface area contributed by atoms with Crippen LogP contribution in [0.5, 0.6) is 0 Å². The van der Waals surface area contributed by atoms with E-state index in [0.717, 1.165) is 28.7 Å². The monoisotopic (exact) mass is 467 g/mol. The lowest BCUT2D eigenvalue weighted by Gasteiger charge is -2.22. The molecule has 0 radical (unpaired) electrons. The predicted molar refractivity (Wildman–Crippen MR) is 130 cm³/mol. The van der Waals surface area contributed by atoms with E-state index in [0.29, 0.717) is 6.42 Å². The fraction of sp³-hybridized carbons (Fsp3) is 0.423. The number of nitrogens with zero attached hydrogens (tertiary/aromatic N) is 1. The van der Waals surface area contributed by atoms with Gasteiger partial charge in [0.15, 0.2) is 0 Å². The highest BCUT2D eigenvalue weighted by Crippen LogP contribution is 2.44. The summed E-state index contributed by atoms with van der Waals surface area (Å²) < 4.78 is 5.59. The van der Waals surface area contributed by atoms with E-state index in [1.165, 1.54) is 0 Å². The molecule has 0 aromatic heterocycles. The Bertz CT molecular complexity index is 978. The Labute approximate surface area is 200 Å². The maximum Gasteiger partial charge on any atom is 0.407 e. The van der Waals surface area contributed by atoms with Crippen molar-refractivity contribution >= 4 is 18.0 Å². The first kappa shape index (κ1) is 25.2. The highest BCUT2D eigenvalue weighted by Gasteiger charge is 2.29. The van der Waals surface area contributed by atoms with Crippen LogP contribution in [0.4, 0.5) is 4.79 Å². The van der Waals surface area contributed by atoms with Gasteiger partial charge in [-0.15, -0.1) is 0 Å². The van der Waals surface area contributed by atoms with Gasteiger partial charge in [-0.05, 0) is 42.8 Å². The third-order valence-electron chi connectivity index (χ3n) is 5.92. The maximum absolute atomic E-state index is 12.6. The largest absolute Gasteiger partial charge is 0.480 e. The van der Waals surface area contributed by atoms with Gasteiger partial charge in [-0.2, -0.15) is 0 Å². The summed E-state index contributed by atoms with van der Waals surface area (Å²) >= 11 is 0. The smallest absolute Gasteiger partial charge is 0.407 e. The molecule has 8 nitrogen and oxygen atoms in total. The van der Waals surface area contributed by atoms with Crippen LogP contribution in [0.3, 0.4) is 0 Å². The van der Waals surface area contributed by atoms with E-state index in [1.54, 1.807) is 19.0 Å². The van der Waals surface area contributed by atoms with Crippen molar-refractivity contribution in [1.82, 2.24) is 15.5 Å². The molecule has 0 heterocycles. The number of carbonyl (C=O) groups excluding carboxylic acids is 2. The van der Waals surface area contributed by atoms with Crippen molar-refractivity contribution in [1.29, 1.82) is 0 Å². The van der Waals surface area contributed by atoms with Crippen molar-refractivity contribution < 1.29 is 24.2 Å². The van der Waals surface area contributed by atoms with Gasteiger partial charge >= 0.3 is 12.1 Å². The van der Waals surface area contributed by atoms with E-state index >= 15 is 0 Å². The van der Waals surface area contributed by atoms with Gasteiger partial charge in [-0.1, -0.05) is 61.9 Å². The van der Waals surface area contributed by atoms with Crippen LogP contribution in [0, 0.1) is 0 Å². The number of nitrogens with one attached hydrogen (secondary N) is 2. The molecule has 2 aromatic carbocycles. The number of rotatable bonds is 11. The van der Waals surface area contributed by atoms with Crippen LogP contribution in [0.2, 0.25) is 0 Å². The molecule has 1 aliphatic carbocycles. The molecule has 0 spiro atoms. The zero-order valence-corrected chi connectivity index (χ0v) is 19.9. The molecule has 2 atom stereocenters. The van der Waals surface area contributed by atoms with Crippen molar-refractivity contribution in [2.45, 2.75) is 44.2 Å². The van der Waals surface area contributed by atoms with Gasteiger partial charge in [0.05, 0.1) is 0 Å². The van der Waals surface area contributed by atoms with Crippen LogP contribution in [0.1, 0.15) is 43.2 Å². The molecule has 34 heavy (non-hydrogen) atoms. The Hall–Kier alpha value is -3.39. The first-order chi connectivity index (χ1) is 16.3. The second-order valence-corrected chi connectivity index (χ2v) is 8.88. The number of likely N-dealkylation sites (N-methyl/N-ethyl adjacent to an activating group) is 1. The average molecular weight is 468 g/mol. The van der Waals surface area contributed by atoms with Gasteiger partial charge in [0.1, 0.15) is 12.6 Å². The number of hydrogen-bond donors (Lipinski definition) is 3. The van der Waals surface area contributed by atoms with Gasteiger partial charge in [0.25, 0.3) is 0 Å². The molecule has 0 aliphatic heterocycles. The van der Waals surface area contributed by atoms with E-state index in [4.69, 9.17) is 4.74 Å². The van der Waals surface area contributed by atoms with Crippen LogP contribution >= 0.6 is 0 Å². The third-order valence-corrected chi connectivity index (χ3v) is 5.92. The lowest BCUT2D eigenvalue weighted by atomic mass is 9.98. The highest BCUT2D eigenvalue weighted by molar-refractivity contribution is 5.84. The fourth-order valence-corrected chi connectivity index (χ4v) is 4.41. The van der Waals surface area contributed by atoms with E-state index in [2.05, 4.69) is 34.9 Å². The lowest BCUT2D eigenvalue weighted by Crippen LogP contribution is -2.48. The zero-order chi connectivity index (χ0) is 24.7. The lowest BCUT2D eigenvalue weighted by molar-refractivity contribution is -0.142. The van der Waals surface area contributed by atoms with Crippen LogP contribution in [0.25, 0.3) is 11.1 Å². The van der Waals surface area contributed by atoms with Crippen LogP contribution in [-0.2, 0) is 14.3 Å². The van der Waals surface area contributed by atoms with E-state index in [-0.39, 0.29) is 25.5 Å². The Kier molecular flexibility index (Phi) is 8.65. The summed E-state index contributed by atoms with van der Waals surface area (Å²) in [6.45, 7) is 2.32. The predicted octanol–water partition coefficient (Wildman–Crippen LogP) is 3.21. The quantitative estimate of drug-likeness (QED) is 0.468. The summed E-state index contributed by atoms with van der Waals surface area (Å²) in [6, 6.07) is 14.8. The van der Waals surface area contributed by atoms with E-state index < -0.39 is 30.1 Å². The van der Waals surface area contributed by atoms with Gasteiger partial charge in [-0.25, -0.2) is 9.59 Å². The topological polar surface area (TPSA) is 108 Å². The number of carbonyl (C=O) groups is 3. The molecule has 8 heteroatoms. The van der Waals surface area contributed by atoms with Crippen molar-refractivity contribution in [3.05, 3.63) is 59.7 Å². The summed E-state index contributed by atoms with van der Waals surface area (Å²) in [5.74, 6) is -1.57. The summed E-state index contributed by atoms with van der Waals surface area (Å²) in [4.78, 5) is 38.2. The number of hydrogen-bond acceptors (Lipinski definition) is 5. The molecule has 3 N–H and O–H groups in total. The minimum Gasteiger partial charge on any atom is -0.480 e. The van der Waals surface area contributed by atoms with E-state index in [1.807, 2.05) is 31.2 Å². The van der Waals surface area contributed by atoms with Crippen molar-refractivity contribution in [3.63, 3.8) is 0 Å². The minimum absolute atomic E-state index is 0.0186. The minimum atomic E-state index is -1.10. The van der Waals surface area contributed by atoms with Crippen LogP contribution < -0.4 is 10.6 Å². The van der Waals surface area contributed by atoms with E-state index in [9.17, 15) is 19.5 Å². The molecular weight excluding hydrogens is 434 g/mol. The molecule has 2 aromatic rings. The molecule has 1 unspecified atom stereocenters. The molecule has 2 amide bonds. The number of aliphatic carboxylic acids is 1. The summed E-state index contributed by atoms with van der Waals surface area (Å²) in [5, 5.41) is 14.7. The number of carboxylic acids is 1. The van der Waals surface area contributed by atoms with Gasteiger partial charge in [0.2, 0.25) is 5.91 Å². The molecule has 3 rings (SSSR count). The van der Waals surface area contributed by atoms with Crippen molar-refractivity contribution in [3.8, 4) is 11.1 Å². The van der Waals surface area contributed by atoms with Crippen LogP contribution in [-0.4, -0.2) is 67.3 Å². The molecule has 0 bridgehead atoms. The first-order valence-electron chi connectivity index (χ1n) is 11.6. The second-order valence-electron chi connectivity index (χ2n) is 8.88. The highest BCUT2D eigenvalue weighted by atomic mass is 16.5. The number of amides is 2. The normalized spacial score (nSPS) is 14.1. The molecule has 0 fully saturated rings. The van der Waals surface area contributed by atoms with Gasteiger partial charge < -0.3 is 25.4 Å². The second kappa shape index (κ2) is 11.7. The fourth-order valence-electron chi connectivity index (χ4n) is 4.41. The summed E-state index contributed by atoms with van der Waals surface area (Å²) in [5.41, 5.74) is 4.56. The first-order valence-corrected chi connectivity index (χ1v) is 11.6. The van der Waals surface area contributed by atoms with Gasteiger partial charge in [0, 0.05) is 24.9 Å². The number of ether oxygens (including phenoxy) is 1. The van der Waals surface area contributed by atoms with Crippen molar-refractivity contribution in [2.75, 3.05) is 27.2 Å². The average Bonchev–Trinajstić information content (AvgIpc) is 3.11. The van der Waals surface area contributed by atoms with Crippen LogP contribution in [0.15, 0.2) is 48.5 Å². The molecule has 0 saturated carbocycles. The molecular formula is C26H33N3O5. The Morgan fingerprint density at radius 2 is 1.59 bits per heavy atom. The SMILES string of the molecule is CCC[C@H](CC(=O)NC(CN(C)C)C(=O)O)NC(=O)OCC1c2ccccc2-c2ccccc21. The Balaban J connectivity index is 1.58. The standard InChI is InChI=1S/C26H33N3O5/c1-4-9-17(14-24(30)28-23(25(31)32)15-29(2)3)27-26(33)34-16-22-20-12-7-5-10-18(20)19-11-6-8-13-21(19)22/h5-8,10-13,17,22-23H,4,9,14-16H2,1-3H3,(H,27,33)(H,28,30)(H,31,32)/t17-,23?/m1/s1. The molecule has 0 saturated heterocycles. The molecule has 182 valence electrons. The van der Waals surface area contributed by atoms with Crippen molar-refractivity contribution in [2.24, 2.45) is 0 Å². The van der Waals surface area contributed by atoms with Gasteiger partial charge in [-0.3, -0.25) is 4.79 Å². The Morgan fingerprint density at radius 1 is 1.00 bits per heavy atom. The summed E-state index contributed by atoms with van der Waals surface area (Å²) in [6.07, 6.45) is 0.719.